The maximum absolute atomic E-state index is 13.2. The molecule has 1 N–H and O–H groups in total. The van der Waals surface area contributed by atoms with Crippen molar-refractivity contribution in [3.05, 3.63) is 35.4 Å². The van der Waals surface area contributed by atoms with Crippen LogP contribution >= 0.6 is 0 Å². The van der Waals surface area contributed by atoms with Gasteiger partial charge in [-0.2, -0.15) is 0 Å². The molecule has 92 valence electrons. The van der Waals surface area contributed by atoms with E-state index in [2.05, 4.69) is 10.1 Å². The van der Waals surface area contributed by atoms with Crippen molar-refractivity contribution in [2.24, 2.45) is 0 Å². The summed E-state index contributed by atoms with van der Waals surface area (Å²) < 4.78 is 30.2. The molecular weight excluding hydrogens is 232 g/mol. The van der Waals surface area contributed by atoms with Gasteiger partial charge in [-0.1, -0.05) is 0 Å². The summed E-state index contributed by atoms with van der Waals surface area (Å²) in [4.78, 5) is 22.6. The van der Waals surface area contributed by atoms with E-state index in [0.717, 1.165) is 12.1 Å². The van der Waals surface area contributed by atoms with Crippen LogP contribution in [0.1, 0.15) is 17.3 Å². The normalized spacial score (nSPS) is 11.8. The van der Waals surface area contributed by atoms with Crippen LogP contribution in [-0.4, -0.2) is 25.0 Å². The quantitative estimate of drug-likeness (QED) is 0.813. The Hall–Kier alpha value is -1.98. The van der Waals surface area contributed by atoms with Crippen LogP contribution in [0.3, 0.4) is 0 Å². The largest absolute Gasteiger partial charge is 0.467 e. The van der Waals surface area contributed by atoms with Crippen LogP contribution in [0.15, 0.2) is 18.2 Å². The highest BCUT2D eigenvalue weighted by Gasteiger charge is 2.19. The van der Waals surface area contributed by atoms with Crippen LogP contribution < -0.4 is 5.32 Å². The van der Waals surface area contributed by atoms with Gasteiger partial charge in [-0.15, -0.1) is 0 Å². The van der Waals surface area contributed by atoms with Gasteiger partial charge in [0, 0.05) is 6.07 Å². The van der Waals surface area contributed by atoms with Crippen molar-refractivity contribution in [2.75, 3.05) is 7.11 Å². The van der Waals surface area contributed by atoms with E-state index in [0.29, 0.717) is 6.07 Å². The predicted molar refractivity (Wildman–Crippen MR) is 55.3 cm³/mol. The summed E-state index contributed by atoms with van der Waals surface area (Å²) in [6, 6.07) is 1.65. The van der Waals surface area contributed by atoms with Gasteiger partial charge in [0.15, 0.2) is 0 Å². The van der Waals surface area contributed by atoms with E-state index in [1.54, 1.807) is 0 Å². The van der Waals surface area contributed by atoms with Crippen molar-refractivity contribution < 1.29 is 23.1 Å². The lowest BCUT2D eigenvalue weighted by atomic mass is 10.2. The minimum Gasteiger partial charge on any atom is -0.467 e. The molecule has 1 aromatic rings. The van der Waals surface area contributed by atoms with Crippen LogP contribution in [0, 0.1) is 11.6 Å². The van der Waals surface area contributed by atoms with Crippen LogP contribution in [0.4, 0.5) is 8.78 Å². The molecule has 0 aliphatic rings. The molecule has 1 amide bonds. The first-order valence-corrected chi connectivity index (χ1v) is 4.79. The van der Waals surface area contributed by atoms with Crippen LogP contribution in [0.2, 0.25) is 0 Å². The molecular formula is C11H11F2NO3. The lowest BCUT2D eigenvalue weighted by molar-refractivity contribution is -0.142. The van der Waals surface area contributed by atoms with E-state index in [-0.39, 0.29) is 5.56 Å². The molecule has 0 aliphatic carbocycles. The number of methoxy groups -OCH3 is 1. The van der Waals surface area contributed by atoms with Crippen LogP contribution in [0.5, 0.6) is 0 Å². The number of rotatable bonds is 3. The minimum atomic E-state index is -0.987. The fraction of sp³-hybridized carbons (Fsp3) is 0.273. The summed E-state index contributed by atoms with van der Waals surface area (Å²) in [5.74, 6) is -3.22. The summed E-state index contributed by atoms with van der Waals surface area (Å²) in [6.45, 7) is 1.39. The molecule has 1 rings (SSSR count). The van der Waals surface area contributed by atoms with Gasteiger partial charge in [0.1, 0.15) is 17.7 Å². The number of carbonyl (C=O) groups excluding carboxylic acids is 2. The Kier molecular flexibility index (Phi) is 4.14. The smallest absolute Gasteiger partial charge is 0.328 e. The maximum Gasteiger partial charge on any atom is 0.328 e. The molecule has 0 fully saturated rings. The Morgan fingerprint density at radius 2 is 2.00 bits per heavy atom. The number of carbonyl (C=O) groups is 2. The number of nitrogens with one attached hydrogen (secondary N) is 1. The predicted octanol–water partition coefficient (Wildman–Crippen LogP) is 1.26. The van der Waals surface area contributed by atoms with E-state index in [1.165, 1.54) is 14.0 Å². The van der Waals surface area contributed by atoms with Gasteiger partial charge in [-0.05, 0) is 19.1 Å². The summed E-state index contributed by atoms with van der Waals surface area (Å²) in [6.07, 6.45) is 0. The first-order valence-electron chi connectivity index (χ1n) is 4.79. The standard InChI is InChI=1S/C11H11F2NO3/c1-6(11(16)17-2)14-10(15)8-4-3-7(12)5-9(8)13/h3-6H,1-2H3,(H,14,15)/t6-/m0/s1. The molecule has 0 aromatic heterocycles. The fourth-order valence-corrected chi connectivity index (χ4v) is 1.18. The van der Waals surface area contributed by atoms with E-state index in [4.69, 9.17) is 0 Å². The van der Waals surface area contributed by atoms with Gasteiger partial charge in [-0.3, -0.25) is 4.79 Å². The summed E-state index contributed by atoms with van der Waals surface area (Å²) in [7, 11) is 1.17. The van der Waals surface area contributed by atoms with Crippen LogP contribution in [-0.2, 0) is 9.53 Å². The second-order valence-corrected chi connectivity index (χ2v) is 3.34. The topological polar surface area (TPSA) is 55.4 Å². The van der Waals surface area contributed by atoms with Crippen LogP contribution in [0.25, 0.3) is 0 Å². The molecule has 17 heavy (non-hydrogen) atoms. The van der Waals surface area contributed by atoms with Crippen molar-refractivity contribution in [3.8, 4) is 0 Å². The molecule has 0 bridgehead atoms. The molecule has 0 unspecified atom stereocenters. The Labute approximate surface area is 96.6 Å². The average molecular weight is 243 g/mol. The number of benzene rings is 1. The van der Waals surface area contributed by atoms with Gasteiger partial charge in [-0.25, -0.2) is 13.6 Å². The molecule has 0 spiro atoms. The van der Waals surface area contributed by atoms with Gasteiger partial charge < -0.3 is 10.1 Å². The molecule has 1 atom stereocenters. The van der Waals surface area contributed by atoms with Crippen molar-refractivity contribution in [2.45, 2.75) is 13.0 Å². The van der Waals surface area contributed by atoms with Crippen molar-refractivity contribution >= 4 is 11.9 Å². The van der Waals surface area contributed by atoms with Gasteiger partial charge >= 0.3 is 5.97 Å². The molecule has 0 heterocycles. The lowest BCUT2D eigenvalue weighted by Gasteiger charge is -2.11. The zero-order valence-electron chi connectivity index (χ0n) is 9.29. The van der Waals surface area contributed by atoms with Crippen molar-refractivity contribution in [1.82, 2.24) is 5.32 Å². The Morgan fingerprint density at radius 1 is 1.35 bits per heavy atom. The van der Waals surface area contributed by atoms with Gasteiger partial charge in [0.05, 0.1) is 12.7 Å². The summed E-state index contributed by atoms with van der Waals surface area (Å²) in [5, 5.41) is 2.23. The third-order valence-electron chi connectivity index (χ3n) is 2.08. The molecule has 4 nitrogen and oxygen atoms in total. The van der Waals surface area contributed by atoms with Crippen molar-refractivity contribution in [3.63, 3.8) is 0 Å². The van der Waals surface area contributed by atoms with E-state index < -0.39 is 29.6 Å². The number of esters is 1. The minimum absolute atomic E-state index is 0.331. The highest BCUT2D eigenvalue weighted by atomic mass is 19.1. The lowest BCUT2D eigenvalue weighted by Crippen LogP contribution is -2.39. The third kappa shape index (κ3) is 3.24. The van der Waals surface area contributed by atoms with E-state index in [9.17, 15) is 18.4 Å². The zero-order chi connectivity index (χ0) is 13.0. The number of amides is 1. The maximum atomic E-state index is 13.2. The number of ether oxygens (including phenoxy) is 1. The molecule has 0 radical (unpaired) electrons. The van der Waals surface area contributed by atoms with Crippen molar-refractivity contribution in [1.29, 1.82) is 0 Å². The Bertz CT molecular complexity index is 448. The molecule has 0 saturated carbocycles. The first kappa shape index (κ1) is 13.1. The highest BCUT2D eigenvalue weighted by Crippen LogP contribution is 2.09. The number of hydrogen-bond acceptors (Lipinski definition) is 3. The van der Waals surface area contributed by atoms with E-state index in [1.807, 2.05) is 0 Å². The highest BCUT2D eigenvalue weighted by molar-refractivity contribution is 5.96. The SMILES string of the molecule is COC(=O)[C@H](C)NC(=O)c1ccc(F)cc1F. The molecule has 6 heteroatoms. The van der Waals surface area contributed by atoms with E-state index >= 15 is 0 Å². The summed E-state index contributed by atoms with van der Waals surface area (Å²) >= 11 is 0. The number of halogens is 2. The number of hydrogen-bond donors (Lipinski definition) is 1. The molecule has 0 saturated heterocycles. The Morgan fingerprint density at radius 3 is 2.53 bits per heavy atom. The first-order chi connectivity index (χ1) is 7.95. The summed E-state index contributed by atoms with van der Waals surface area (Å²) in [5.41, 5.74) is -0.331. The van der Waals surface area contributed by atoms with Gasteiger partial charge in [0.25, 0.3) is 5.91 Å². The molecule has 1 aromatic carbocycles. The second kappa shape index (κ2) is 5.38. The third-order valence-corrected chi connectivity index (χ3v) is 2.08. The Balaban J connectivity index is 2.80. The average Bonchev–Trinajstić information content (AvgIpc) is 2.27. The molecule has 0 aliphatic heterocycles. The zero-order valence-corrected chi connectivity index (χ0v) is 9.29. The monoisotopic (exact) mass is 243 g/mol. The second-order valence-electron chi connectivity index (χ2n) is 3.34. The van der Waals surface area contributed by atoms with Gasteiger partial charge in [0.2, 0.25) is 0 Å². The fourth-order valence-electron chi connectivity index (χ4n) is 1.18.